The van der Waals surface area contributed by atoms with Crippen LogP contribution in [0.4, 0.5) is 5.69 Å². The number of allylic oxidation sites excluding steroid dienone is 1. The van der Waals surface area contributed by atoms with E-state index in [1.54, 1.807) is 0 Å². The molecule has 0 radical (unpaired) electrons. The minimum absolute atomic E-state index is 0.0471. The van der Waals surface area contributed by atoms with Crippen LogP contribution in [-0.2, 0) is 4.79 Å². The Bertz CT molecular complexity index is 1000. The predicted octanol–water partition coefficient (Wildman–Crippen LogP) is 4.77. The summed E-state index contributed by atoms with van der Waals surface area (Å²) in [7, 11) is 0. The SMILES string of the molecule is CC1=C(CN2CCCC2)COc2cc(NC(=O)CN3CCC(c4ccccc4)CC3)ccc21. The van der Waals surface area contributed by atoms with E-state index < -0.39 is 0 Å². The summed E-state index contributed by atoms with van der Waals surface area (Å²) in [5.74, 6) is 1.53. The van der Waals surface area contributed by atoms with Crippen LogP contribution in [0.1, 0.15) is 49.7 Å². The molecule has 0 unspecified atom stereocenters. The van der Waals surface area contributed by atoms with Crippen LogP contribution in [0.25, 0.3) is 5.57 Å². The third-order valence-corrected chi connectivity index (χ3v) is 7.44. The molecule has 0 bridgehead atoms. The summed E-state index contributed by atoms with van der Waals surface area (Å²) in [4.78, 5) is 17.5. The zero-order chi connectivity index (χ0) is 22.6. The maximum Gasteiger partial charge on any atom is 0.238 e. The van der Waals surface area contributed by atoms with E-state index in [2.05, 4.69) is 58.4 Å². The number of hydrogen-bond donors (Lipinski definition) is 1. The Hall–Kier alpha value is -2.63. The lowest BCUT2D eigenvalue weighted by Crippen LogP contribution is -2.38. The average Bonchev–Trinajstić information content (AvgIpc) is 3.35. The van der Waals surface area contributed by atoms with Gasteiger partial charge in [0.1, 0.15) is 12.4 Å². The van der Waals surface area contributed by atoms with Crippen molar-refractivity contribution < 1.29 is 9.53 Å². The molecular formula is C28H35N3O2. The van der Waals surface area contributed by atoms with Crippen molar-refractivity contribution >= 4 is 17.2 Å². The number of piperidine rings is 1. The van der Waals surface area contributed by atoms with Crippen molar-refractivity contribution in [3.8, 4) is 5.75 Å². The van der Waals surface area contributed by atoms with E-state index in [9.17, 15) is 4.79 Å². The number of rotatable bonds is 6. The van der Waals surface area contributed by atoms with E-state index in [0.717, 1.165) is 49.5 Å². The highest BCUT2D eigenvalue weighted by atomic mass is 16.5. The fourth-order valence-electron chi connectivity index (χ4n) is 5.42. The molecule has 5 heteroatoms. The fourth-order valence-corrected chi connectivity index (χ4v) is 5.42. The smallest absolute Gasteiger partial charge is 0.238 e. The highest BCUT2D eigenvalue weighted by Crippen LogP contribution is 2.35. The maximum atomic E-state index is 12.7. The molecule has 2 aromatic carbocycles. The van der Waals surface area contributed by atoms with Gasteiger partial charge in [0, 0.05) is 23.9 Å². The topological polar surface area (TPSA) is 44.8 Å². The summed E-state index contributed by atoms with van der Waals surface area (Å²) in [5, 5.41) is 3.08. The van der Waals surface area contributed by atoms with E-state index >= 15 is 0 Å². The normalized spacial score (nSPS) is 19.9. The highest BCUT2D eigenvalue weighted by Gasteiger charge is 2.23. The Morgan fingerprint density at radius 1 is 1.00 bits per heavy atom. The number of nitrogens with one attached hydrogen (secondary N) is 1. The van der Waals surface area contributed by atoms with Crippen LogP contribution in [0, 0.1) is 0 Å². The maximum absolute atomic E-state index is 12.7. The molecule has 33 heavy (non-hydrogen) atoms. The van der Waals surface area contributed by atoms with E-state index in [1.807, 2.05) is 12.1 Å². The molecule has 3 aliphatic heterocycles. The van der Waals surface area contributed by atoms with Crippen LogP contribution in [0.15, 0.2) is 54.1 Å². The predicted molar refractivity (Wildman–Crippen MR) is 134 cm³/mol. The van der Waals surface area contributed by atoms with Gasteiger partial charge in [-0.25, -0.2) is 0 Å². The first-order valence-electron chi connectivity index (χ1n) is 12.4. The number of anilines is 1. The highest BCUT2D eigenvalue weighted by molar-refractivity contribution is 5.93. The van der Waals surface area contributed by atoms with Crippen LogP contribution in [-0.4, -0.2) is 61.6 Å². The molecule has 2 aromatic rings. The van der Waals surface area contributed by atoms with Crippen LogP contribution in [0.3, 0.4) is 0 Å². The van der Waals surface area contributed by atoms with Crippen molar-refractivity contribution in [2.24, 2.45) is 0 Å². The van der Waals surface area contributed by atoms with E-state index in [1.165, 1.54) is 42.6 Å². The van der Waals surface area contributed by atoms with Gasteiger partial charge in [-0.1, -0.05) is 30.3 Å². The Labute approximate surface area is 197 Å². The Kier molecular flexibility index (Phi) is 6.79. The number of likely N-dealkylation sites (tertiary alicyclic amines) is 2. The van der Waals surface area contributed by atoms with Gasteiger partial charge in [-0.2, -0.15) is 0 Å². The van der Waals surface area contributed by atoms with Gasteiger partial charge in [-0.3, -0.25) is 14.6 Å². The Morgan fingerprint density at radius 2 is 1.76 bits per heavy atom. The molecule has 5 rings (SSSR count). The average molecular weight is 446 g/mol. The second kappa shape index (κ2) is 10.1. The summed E-state index contributed by atoms with van der Waals surface area (Å²) in [6.45, 7) is 8.60. The van der Waals surface area contributed by atoms with Crippen molar-refractivity contribution in [2.45, 2.75) is 38.5 Å². The fraction of sp³-hybridized carbons (Fsp3) is 0.464. The summed E-state index contributed by atoms with van der Waals surface area (Å²) in [6.07, 6.45) is 4.82. The number of carbonyl (C=O) groups excluding carboxylic acids is 1. The summed E-state index contributed by atoms with van der Waals surface area (Å²) in [6, 6.07) is 16.8. The molecule has 1 amide bonds. The third kappa shape index (κ3) is 5.31. The Balaban J connectivity index is 1.15. The molecule has 2 fully saturated rings. The van der Waals surface area contributed by atoms with Crippen molar-refractivity contribution in [2.75, 3.05) is 51.2 Å². The second-order valence-electron chi connectivity index (χ2n) is 9.72. The van der Waals surface area contributed by atoms with Crippen molar-refractivity contribution in [3.63, 3.8) is 0 Å². The number of benzene rings is 2. The zero-order valence-electron chi connectivity index (χ0n) is 19.7. The lowest BCUT2D eigenvalue weighted by Gasteiger charge is -2.31. The lowest BCUT2D eigenvalue weighted by molar-refractivity contribution is -0.117. The van der Waals surface area contributed by atoms with Crippen LogP contribution in [0.5, 0.6) is 5.75 Å². The minimum atomic E-state index is 0.0471. The quantitative estimate of drug-likeness (QED) is 0.696. The number of fused-ring (bicyclic) bond motifs is 1. The monoisotopic (exact) mass is 445 g/mol. The molecule has 5 nitrogen and oxygen atoms in total. The van der Waals surface area contributed by atoms with Gasteiger partial charge >= 0.3 is 0 Å². The number of hydrogen-bond acceptors (Lipinski definition) is 4. The molecule has 0 saturated carbocycles. The van der Waals surface area contributed by atoms with Gasteiger partial charge in [0.05, 0.1) is 6.54 Å². The van der Waals surface area contributed by atoms with Crippen molar-refractivity contribution in [1.82, 2.24) is 9.80 Å². The molecule has 2 saturated heterocycles. The molecule has 0 spiro atoms. The summed E-state index contributed by atoms with van der Waals surface area (Å²) >= 11 is 0. The molecule has 3 aliphatic rings. The first-order valence-corrected chi connectivity index (χ1v) is 12.4. The van der Waals surface area contributed by atoms with E-state index in [-0.39, 0.29) is 5.91 Å². The van der Waals surface area contributed by atoms with Gasteiger partial charge in [0.15, 0.2) is 0 Å². The van der Waals surface area contributed by atoms with Gasteiger partial charge in [-0.15, -0.1) is 0 Å². The van der Waals surface area contributed by atoms with Crippen LogP contribution >= 0.6 is 0 Å². The molecule has 3 heterocycles. The first kappa shape index (κ1) is 22.2. The van der Waals surface area contributed by atoms with E-state index in [0.29, 0.717) is 19.1 Å². The first-order chi connectivity index (χ1) is 16.2. The van der Waals surface area contributed by atoms with Gasteiger partial charge < -0.3 is 10.1 Å². The van der Waals surface area contributed by atoms with Crippen molar-refractivity contribution in [3.05, 3.63) is 65.2 Å². The third-order valence-electron chi connectivity index (χ3n) is 7.44. The zero-order valence-corrected chi connectivity index (χ0v) is 19.7. The van der Waals surface area contributed by atoms with E-state index in [4.69, 9.17) is 4.74 Å². The molecule has 0 atom stereocenters. The number of amides is 1. The van der Waals surface area contributed by atoms with Gasteiger partial charge in [0.25, 0.3) is 0 Å². The second-order valence-corrected chi connectivity index (χ2v) is 9.72. The van der Waals surface area contributed by atoms with Gasteiger partial charge in [0.2, 0.25) is 5.91 Å². The molecule has 1 N–H and O–H groups in total. The van der Waals surface area contributed by atoms with Crippen LogP contribution < -0.4 is 10.1 Å². The Morgan fingerprint density at radius 3 is 2.52 bits per heavy atom. The number of carbonyl (C=O) groups is 1. The largest absolute Gasteiger partial charge is 0.488 e. The van der Waals surface area contributed by atoms with Crippen molar-refractivity contribution in [1.29, 1.82) is 0 Å². The number of nitrogens with zero attached hydrogens (tertiary/aromatic N) is 2. The lowest BCUT2D eigenvalue weighted by atomic mass is 9.89. The minimum Gasteiger partial charge on any atom is -0.488 e. The number of ether oxygens (including phenoxy) is 1. The summed E-state index contributed by atoms with van der Waals surface area (Å²) < 4.78 is 6.10. The van der Waals surface area contributed by atoms with Gasteiger partial charge in [-0.05, 0) is 93.5 Å². The summed E-state index contributed by atoms with van der Waals surface area (Å²) in [5.41, 5.74) is 6.08. The molecule has 0 aromatic heterocycles. The molecular weight excluding hydrogens is 410 g/mol. The van der Waals surface area contributed by atoms with Crippen LogP contribution in [0.2, 0.25) is 0 Å². The standard InChI is InChI=1S/C28H35N3O2/c1-21-24(18-30-13-5-6-14-30)20-33-27-17-25(9-10-26(21)27)29-28(32)19-31-15-11-23(12-16-31)22-7-3-2-4-8-22/h2-4,7-10,17,23H,5-6,11-16,18-20H2,1H3,(H,29,32). The molecule has 0 aliphatic carbocycles. The molecule has 174 valence electrons.